The monoisotopic (exact) mass is 264 g/mol. The molecule has 1 unspecified atom stereocenters. The molecular formula is C17H32N2. The second kappa shape index (κ2) is 5.37. The molecule has 0 aromatic rings. The zero-order valence-corrected chi connectivity index (χ0v) is 12.8. The van der Waals surface area contributed by atoms with Gasteiger partial charge in [0.1, 0.15) is 0 Å². The summed E-state index contributed by atoms with van der Waals surface area (Å²) in [5.41, 5.74) is 3.80. The van der Waals surface area contributed by atoms with Gasteiger partial charge in [0.05, 0.1) is 0 Å². The van der Waals surface area contributed by atoms with E-state index in [0.29, 0.717) is 11.5 Å². The van der Waals surface area contributed by atoms with Crippen LogP contribution in [0.1, 0.15) is 71.6 Å². The summed E-state index contributed by atoms with van der Waals surface area (Å²) in [5, 5.41) is 0. The summed E-state index contributed by atoms with van der Waals surface area (Å²) >= 11 is 0. The molecule has 0 saturated heterocycles. The molecule has 3 N–H and O–H groups in total. The zero-order valence-electron chi connectivity index (χ0n) is 12.8. The van der Waals surface area contributed by atoms with E-state index in [1.165, 1.54) is 57.8 Å². The molecule has 0 spiro atoms. The maximum absolute atomic E-state index is 5.96. The van der Waals surface area contributed by atoms with Crippen molar-refractivity contribution in [3.05, 3.63) is 0 Å². The van der Waals surface area contributed by atoms with Crippen molar-refractivity contribution in [3.8, 4) is 0 Å². The first-order valence-electron chi connectivity index (χ1n) is 8.57. The predicted octanol–water partition coefficient (Wildman–Crippen LogP) is 3.86. The van der Waals surface area contributed by atoms with Crippen molar-refractivity contribution in [2.45, 2.75) is 77.7 Å². The molecule has 1 atom stereocenters. The molecule has 4 fully saturated rings. The highest BCUT2D eigenvalue weighted by Crippen LogP contribution is 2.61. The van der Waals surface area contributed by atoms with E-state index in [9.17, 15) is 0 Å². The number of hydrazine groups is 1. The van der Waals surface area contributed by atoms with E-state index in [0.717, 1.165) is 23.7 Å². The third-order valence-corrected chi connectivity index (χ3v) is 6.30. The lowest BCUT2D eigenvalue weighted by molar-refractivity contribution is -0.0757. The van der Waals surface area contributed by atoms with Gasteiger partial charge >= 0.3 is 0 Å². The molecule has 4 saturated carbocycles. The summed E-state index contributed by atoms with van der Waals surface area (Å²) in [6.45, 7) is 4.66. The lowest BCUT2D eigenvalue weighted by atomic mass is 9.47. The van der Waals surface area contributed by atoms with Gasteiger partial charge in [-0.1, -0.05) is 26.7 Å². The Hall–Kier alpha value is -0.0800. The Balaban J connectivity index is 1.65. The second-order valence-corrected chi connectivity index (χ2v) is 8.32. The average molecular weight is 264 g/mol. The third kappa shape index (κ3) is 2.71. The maximum atomic E-state index is 5.96. The molecule has 0 heterocycles. The normalized spacial score (nSPS) is 42.0. The number of hydrogen-bond acceptors (Lipinski definition) is 2. The second-order valence-electron chi connectivity index (χ2n) is 8.32. The van der Waals surface area contributed by atoms with Gasteiger partial charge in [-0.3, -0.25) is 11.3 Å². The first-order chi connectivity index (χ1) is 9.11. The van der Waals surface area contributed by atoms with Crippen LogP contribution in [0.3, 0.4) is 0 Å². The summed E-state index contributed by atoms with van der Waals surface area (Å²) in [6, 6.07) is 0.583. The van der Waals surface area contributed by atoms with Crippen LogP contribution in [-0.4, -0.2) is 6.04 Å². The topological polar surface area (TPSA) is 38.0 Å². The highest BCUT2D eigenvalue weighted by Gasteiger charge is 2.53. The molecule has 2 nitrogen and oxygen atoms in total. The fraction of sp³-hybridized carbons (Fsp3) is 1.00. The van der Waals surface area contributed by atoms with Gasteiger partial charge in [-0.25, -0.2) is 0 Å². The minimum absolute atomic E-state index is 0.570. The quantitative estimate of drug-likeness (QED) is 0.565. The smallest absolute Gasteiger partial charge is 0.0267 e. The van der Waals surface area contributed by atoms with Crippen molar-refractivity contribution in [1.82, 2.24) is 5.43 Å². The van der Waals surface area contributed by atoms with E-state index in [1.54, 1.807) is 0 Å². The van der Waals surface area contributed by atoms with Crippen molar-refractivity contribution in [2.24, 2.45) is 34.9 Å². The molecule has 2 heteroatoms. The summed E-state index contributed by atoms with van der Waals surface area (Å²) in [7, 11) is 0. The minimum atomic E-state index is 0.570. The summed E-state index contributed by atoms with van der Waals surface area (Å²) in [4.78, 5) is 0. The van der Waals surface area contributed by atoms with Crippen molar-refractivity contribution in [3.63, 3.8) is 0 Å². The summed E-state index contributed by atoms with van der Waals surface area (Å²) in [5.74, 6) is 9.89. The van der Waals surface area contributed by atoms with E-state index in [-0.39, 0.29) is 0 Å². The van der Waals surface area contributed by atoms with Gasteiger partial charge in [0, 0.05) is 6.04 Å². The zero-order chi connectivity index (χ0) is 13.5. The van der Waals surface area contributed by atoms with Crippen LogP contribution in [0.25, 0.3) is 0 Å². The van der Waals surface area contributed by atoms with Gasteiger partial charge in [0.15, 0.2) is 0 Å². The number of hydrogen-bond donors (Lipinski definition) is 2. The van der Waals surface area contributed by atoms with Crippen LogP contribution in [0.5, 0.6) is 0 Å². The van der Waals surface area contributed by atoms with Gasteiger partial charge < -0.3 is 0 Å². The van der Waals surface area contributed by atoms with Crippen molar-refractivity contribution in [2.75, 3.05) is 0 Å². The van der Waals surface area contributed by atoms with Crippen LogP contribution in [0.15, 0.2) is 0 Å². The SMILES string of the molecule is CC(C)CCCC(NN)C12CC3CC(CC(C3)C1)C2. The number of nitrogens with one attached hydrogen (secondary N) is 1. The molecule has 0 aliphatic heterocycles. The Morgan fingerprint density at radius 3 is 1.95 bits per heavy atom. The molecule has 4 aliphatic carbocycles. The van der Waals surface area contributed by atoms with Crippen LogP contribution in [-0.2, 0) is 0 Å². The lowest BCUT2D eigenvalue weighted by Crippen LogP contribution is -2.57. The van der Waals surface area contributed by atoms with Crippen LogP contribution in [0.4, 0.5) is 0 Å². The predicted molar refractivity (Wildman–Crippen MR) is 80.4 cm³/mol. The first-order valence-corrected chi connectivity index (χ1v) is 8.57. The molecule has 4 aliphatic rings. The van der Waals surface area contributed by atoms with Crippen LogP contribution >= 0.6 is 0 Å². The molecule has 4 rings (SSSR count). The Labute approximate surface area is 118 Å². The Kier molecular flexibility index (Phi) is 3.92. The van der Waals surface area contributed by atoms with Crippen molar-refractivity contribution < 1.29 is 0 Å². The molecule has 0 radical (unpaired) electrons. The highest BCUT2D eigenvalue weighted by atomic mass is 15.2. The molecule has 0 aromatic carbocycles. The maximum Gasteiger partial charge on any atom is 0.0267 e. The lowest BCUT2D eigenvalue weighted by Gasteiger charge is -2.59. The van der Waals surface area contributed by atoms with Gasteiger partial charge in [0.2, 0.25) is 0 Å². The summed E-state index contributed by atoms with van der Waals surface area (Å²) in [6.07, 6.45) is 13.0. The van der Waals surface area contributed by atoms with Crippen molar-refractivity contribution >= 4 is 0 Å². The van der Waals surface area contributed by atoms with Gasteiger partial charge in [-0.2, -0.15) is 0 Å². The van der Waals surface area contributed by atoms with E-state index in [2.05, 4.69) is 19.3 Å². The molecule has 0 aromatic heterocycles. The van der Waals surface area contributed by atoms with E-state index in [4.69, 9.17) is 5.84 Å². The highest BCUT2D eigenvalue weighted by molar-refractivity contribution is 5.05. The fourth-order valence-electron chi connectivity index (χ4n) is 5.90. The fourth-order valence-corrected chi connectivity index (χ4v) is 5.90. The number of nitrogens with two attached hydrogens (primary N) is 1. The van der Waals surface area contributed by atoms with E-state index >= 15 is 0 Å². The molecule has 110 valence electrons. The Bertz CT molecular complexity index is 275. The molecule has 19 heavy (non-hydrogen) atoms. The van der Waals surface area contributed by atoms with Crippen LogP contribution in [0.2, 0.25) is 0 Å². The van der Waals surface area contributed by atoms with Crippen molar-refractivity contribution in [1.29, 1.82) is 0 Å². The van der Waals surface area contributed by atoms with Gasteiger partial charge in [0.25, 0.3) is 0 Å². The van der Waals surface area contributed by atoms with Crippen LogP contribution in [0, 0.1) is 29.1 Å². The van der Waals surface area contributed by atoms with Crippen LogP contribution < -0.4 is 11.3 Å². The summed E-state index contributed by atoms with van der Waals surface area (Å²) < 4.78 is 0. The third-order valence-electron chi connectivity index (χ3n) is 6.30. The standard InChI is InChI=1S/C17H32N2/c1-12(2)4-3-5-16(19-18)17-9-13-6-14(10-17)8-15(7-13)11-17/h12-16,19H,3-11,18H2,1-2H3. The largest absolute Gasteiger partial charge is 0.271 e. The molecular weight excluding hydrogens is 232 g/mol. The van der Waals surface area contributed by atoms with Gasteiger partial charge in [-0.05, 0) is 74.0 Å². The van der Waals surface area contributed by atoms with E-state index in [1.807, 2.05) is 0 Å². The average Bonchev–Trinajstić information content (AvgIpc) is 2.32. The van der Waals surface area contributed by atoms with Gasteiger partial charge in [-0.15, -0.1) is 0 Å². The van der Waals surface area contributed by atoms with E-state index < -0.39 is 0 Å². The Morgan fingerprint density at radius 1 is 1.00 bits per heavy atom. The molecule has 4 bridgehead atoms. The Morgan fingerprint density at radius 2 is 1.53 bits per heavy atom. The first kappa shape index (κ1) is 13.9. The molecule has 0 amide bonds. The number of rotatable bonds is 6. The minimum Gasteiger partial charge on any atom is -0.271 e.